The molecule has 92 valence electrons. The van der Waals surface area contributed by atoms with Gasteiger partial charge in [0.2, 0.25) is 5.91 Å². The van der Waals surface area contributed by atoms with E-state index in [9.17, 15) is 13.6 Å². The number of benzene rings is 1. The highest BCUT2D eigenvalue weighted by Gasteiger charge is 2.29. The summed E-state index contributed by atoms with van der Waals surface area (Å²) in [6, 6.07) is 3.06. The lowest BCUT2D eigenvalue weighted by molar-refractivity contribution is -0.118. The summed E-state index contributed by atoms with van der Waals surface area (Å²) < 4.78 is 25.6. The molecule has 1 saturated heterocycles. The van der Waals surface area contributed by atoms with Gasteiger partial charge in [0.1, 0.15) is 0 Å². The van der Waals surface area contributed by atoms with Gasteiger partial charge in [-0.1, -0.05) is 6.92 Å². The van der Waals surface area contributed by atoms with E-state index in [-0.39, 0.29) is 23.6 Å². The van der Waals surface area contributed by atoms with Crippen LogP contribution in [0.1, 0.15) is 13.3 Å². The van der Waals surface area contributed by atoms with Crippen LogP contribution in [0.3, 0.4) is 0 Å². The lowest BCUT2D eigenvalue weighted by Crippen LogP contribution is -2.39. The first-order chi connectivity index (χ1) is 8.08. The summed E-state index contributed by atoms with van der Waals surface area (Å²) in [5.74, 6) is -1.84. The van der Waals surface area contributed by atoms with Gasteiger partial charge in [-0.15, -0.1) is 0 Å². The molecule has 17 heavy (non-hydrogen) atoms. The summed E-state index contributed by atoms with van der Waals surface area (Å²) in [7, 11) is 0. The van der Waals surface area contributed by atoms with Crippen molar-refractivity contribution in [1.82, 2.24) is 5.32 Å². The zero-order valence-corrected chi connectivity index (χ0v) is 9.47. The van der Waals surface area contributed by atoms with Crippen LogP contribution < -0.4 is 10.6 Å². The molecule has 2 N–H and O–H groups in total. The Balaban J connectivity index is 2.05. The molecule has 3 nitrogen and oxygen atoms in total. The maximum absolute atomic E-state index is 12.9. The average Bonchev–Trinajstić information content (AvgIpc) is 2.70. The van der Waals surface area contributed by atoms with E-state index in [4.69, 9.17) is 0 Å². The third-order valence-electron chi connectivity index (χ3n) is 3.00. The molecule has 1 aromatic carbocycles. The van der Waals surface area contributed by atoms with E-state index >= 15 is 0 Å². The molecule has 0 saturated carbocycles. The molecular formula is C12H14F2N2O. The van der Waals surface area contributed by atoms with Crippen LogP contribution in [-0.4, -0.2) is 18.5 Å². The number of amides is 1. The van der Waals surface area contributed by atoms with Crippen molar-refractivity contribution < 1.29 is 13.6 Å². The first-order valence-electron chi connectivity index (χ1n) is 5.57. The first kappa shape index (κ1) is 12.0. The normalized spacial score (nSPS) is 23.7. The molecular weight excluding hydrogens is 226 g/mol. The van der Waals surface area contributed by atoms with Crippen molar-refractivity contribution in [2.24, 2.45) is 5.92 Å². The van der Waals surface area contributed by atoms with Gasteiger partial charge in [-0.3, -0.25) is 4.79 Å². The van der Waals surface area contributed by atoms with Crippen molar-refractivity contribution in [3.05, 3.63) is 29.8 Å². The van der Waals surface area contributed by atoms with E-state index in [0.29, 0.717) is 0 Å². The molecule has 2 rings (SSSR count). The molecule has 0 aromatic heterocycles. The Hall–Kier alpha value is -1.49. The van der Waals surface area contributed by atoms with Crippen LogP contribution in [0.15, 0.2) is 18.2 Å². The van der Waals surface area contributed by atoms with Gasteiger partial charge in [-0.25, -0.2) is 8.78 Å². The molecule has 0 aliphatic carbocycles. The predicted octanol–water partition coefficient (Wildman–Crippen LogP) is 1.90. The third kappa shape index (κ3) is 2.61. The lowest BCUT2D eigenvalue weighted by atomic mass is 10.0. The molecule has 1 aliphatic heterocycles. The van der Waals surface area contributed by atoms with E-state index < -0.39 is 11.6 Å². The number of anilines is 1. The molecule has 0 bridgehead atoms. The molecule has 2 unspecified atom stereocenters. The molecule has 1 amide bonds. The fourth-order valence-electron chi connectivity index (χ4n) is 1.98. The maximum Gasteiger partial charge on any atom is 0.241 e. The summed E-state index contributed by atoms with van der Waals surface area (Å²) in [6.45, 7) is 2.78. The fraction of sp³-hybridized carbons (Fsp3) is 0.417. The van der Waals surface area contributed by atoms with E-state index in [0.717, 1.165) is 25.1 Å². The minimum absolute atomic E-state index is 0.207. The number of hydrogen-bond acceptors (Lipinski definition) is 2. The minimum Gasteiger partial charge on any atom is -0.325 e. The van der Waals surface area contributed by atoms with Crippen molar-refractivity contribution in [2.75, 3.05) is 11.9 Å². The van der Waals surface area contributed by atoms with Gasteiger partial charge in [-0.2, -0.15) is 0 Å². The van der Waals surface area contributed by atoms with Gasteiger partial charge in [0.15, 0.2) is 11.6 Å². The SMILES string of the molecule is CC1CCNC1C(=O)Nc1ccc(F)c(F)c1. The van der Waals surface area contributed by atoms with Crippen LogP contribution in [0.5, 0.6) is 0 Å². The Morgan fingerprint density at radius 2 is 2.18 bits per heavy atom. The van der Waals surface area contributed by atoms with Crippen LogP contribution in [0.25, 0.3) is 0 Å². The Bertz CT molecular complexity index is 437. The predicted molar refractivity (Wildman–Crippen MR) is 60.6 cm³/mol. The molecule has 5 heteroatoms. The van der Waals surface area contributed by atoms with Crippen molar-refractivity contribution in [3.8, 4) is 0 Å². The van der Waals surface area contributed by atoms with Gasteiger partial charge in [0.25, 0.3) is 0 Å². The molecule has 1 fully saturated rings. The third-order valence-corrected chi connectivity index (χ3v) is 3.00. The fourth-order valence-corrected chi connectivity index (χ4v) is 1.98. The quantitative estimate of drug-likeness (QED) is 0.829. The average molecular weight is 240 g/mol. The van der Waals surface area contributed by atoms with Crippen molar-refractivity contribution in [1.29, 1.82) is 0 Å². The van der Waals surface area contributed by atoms with Gasteiger partial charge < -0.3 is 10.6 Å². The molecule has 2 atom stereocenters. The van der Waals surface area contributed by atoms with Crippen LogP contribution in [0.2, 0.25) is 0 Å². The maximum atomic E-state index is 12.9. The number of hydrogen-bond donors (Lipinski definition) is 2. The molecule has 0 radical (unpaired) electrons. The lowest BCUT2D eigenvalue weighted by Gasteiger charge is -2.15. The topological polar surface area (TPSA) is 41.1 Å². The Morgan fingerprint density at radius 1 is 1.41 bits per heavy atom. The first-order valence-corrected chi connectivity index (χ1v) is 5.57. The zero-order valence-electron chi connectivity index (χ0n) is 9.47. The Morgan fingerprint density at radius 3 is 2.76 bits per heavy atom. The van der Waals surface area contributed by atoms with Gasteiger partial charge >= 0.3 is 0 Å². The molecule has 1 heterocycles. The van der Waals surface area contributed by atoms with E-state index in [1.165, 1.54) is 6.07 Å². The van der Waals surface area contributed by atoms with E-state index in [1.54, 1.807) is 0 Å². The second-order valence-corrected chi connectivity index (χ2v) is 4.32. The second kappa shape index (κ2) is 4.79. The highest BCUT2D eigenvalue weighted by atomic mass is 19.2. The zero-order chi connectivity index (χ0) is 12.4. The second-order valence-electron chi connectivity index (χ2n) is 4.32. The number of halogens is 2. The van der Waals surface area contributed by atoms with Gasteiger partial charge in [0, 0.05) is 11.8 Å². The van der Waals surface area contributed by atoms with Crippen LogP contribution in [0.4, 0.5) is 14.5 Å². The van der Waals surface area contributed by atoms with Crippen LogP contribution >= 0.6 is 0 Å². The standard InChI is InChI=1S/C12H14F2N2O/c1-7-4-5-15-11(7)12(17)16-8-2-3-9(13)10(14)6-8/h2-3,6-7,11,15H,4-5H2,1H3,(H,16,17). The smallest absolute Gasteiger partial charge is 0.241 e. The number of carbonyl (C=O) groups excluding carboxylic acids is 1. The number of nitrogens with one attached hydrogen (secondary N) is 2. The monoisotopic (exact) mass is 240 g/mol. The largest absolute Gasteiger partial charge is 0.325 e. The number of rotatable bonds is 2. The Labute approximate surface area is 98.2 Å². The summed E-state index contributed by atoms with van der Waals surface area (Å²) in [4.78, 5) is 11.8. The van der Waals surface area contributed by atoms with E-state index in [2.05, 4.69) is 10.6 Å². The molecule has 1 aromatic rings. The summed E-state index contributed by atoms with van der Waals surface area (Å²) in [5.41, 5.74) is 0.273. The highest BCUT2D eigenvalue weighted by Crippen LogP contribution is 2.18. The van der Waals surface area contributed by atoms with Crippen molar-refractivity contribution in [2.45, 2.75) is 19.4 Å². The van der Waals surface area contributed by atoms with Crippen molar-refractivity contribution in [3.63, 3.8) is 0 Å². The van der Waals surface area contributed by atoms with E-state index in [1.807, 2.05) is 6.92 Å². The van der Waals surface area contributed by atoms with Crippen LogP contribution in [0, 0.1) is 17.6 Å². The number of carbonyl (C=O) groups is 1. The Kier molecular flexibility index (Phi) is 3.38. The molecule has 0 spiro atoms. The van der Waals surface area contributed by atoms with Gasteiger partial charge in [0.05, 0.1) is 6.04 Å². The summed E-state index contributed by atoms with van der Waals surface area (Å²) in [5, 5.41) is 5.65. The minimum atomic E-state index is -0.963. The van der Waals surface area contributed by atoms with Crippen LogP contribution in [-0.2, 0) is 4.79 Å². The summed E-state index contributed by atoms with van der Waals surface area (Å²) >= 11 is 0. The highest BCUT2D eigenvalue weighted by molar-refractivity contribution is 5.95. The summed E-state index contributed by atoms with van der Waals surface area (Å²) in [6.07, 6.45) is 0.940. The molecule has 1 aliphatic rings. The van der Waals surface area contributed by atoms with Crippen molar-refractivity contribution >= 4 is 11.6 Å². The van der Waals surface area contributed by atoms with Gasteiger partial charge in [-0.05, 0) is 31.0 Å².